The van der Waals surface area contributed by atoms with Gasteiger partial charge in [-0.25, -0.2) is 4.98 Å². The zero-order chi connectivity index (χ0) is 18.2. The molecule has 0 aliphatic rings. The van der Waals surface area contributed by atoms with E-state index in [9.17, 15) is 9.59 Å². The number of nitrogens with zero attached hydrogens (tertiary/aromatic N) is 3. The molecule has 130 valence electrons. The van der Waals surface area contributed by atoms with Crippen LogP contribution < -0.4 is 10.9 Å². The van der Waals surface area contributed by atoms with Crippen LogP contribution in [0.25, 0.3) is 16.5 Å². The summed E-state index contributed by atoms with van der Waals surface area (Å²) in [5.41, 5.74) is 0.429. The van der Waals surface area contributed by atoms with Crippen LogP contribution in [-0.4, -0.2) is 25.7 Å². The second-order valence-corrected chi connectivity index (χ2v) is 7.67. The molecule has 1 amide bonds. The van der Waals surface area contributed by atoms with Gasteiger partial charge in [0.1, 0.15) is 11.5 Å². The van der Waals surface area contributed by atoms with Gasteiger partial charge in [0.15, 0.2) is 0 Å². The zero-order valence-corrected chi connectivity index (χ0v) is 15.3. The van der Waals surface area contributed by atoms with Crippen LogP contribution >= 0.6 is 11.3 Å². The first kappa shape index (κ1) is 17.1. The van der Waals surface area contributed by atoms with E-state index in [1.165, 1.54) is 10.7 Å². The SMILES string of the molecule is Cc1cc(=O)[nH]c(-n2nc(-c3cccs3)cc2NC(=O)C(C)(C)C)n1. The molecule has 0 unspecified atom stereocenters. The van der Waals surface area contributed by atoms with Crippen LogP contribution in [-0.2, 0) is 4.79 Å². The molecule has 8 heteroatoms. The number of hydrogen-bond acceptors (Lipinski definition) is 5. The molecule has 3 aromatic heterocycles. The average Bonchev–Trinajstić information content (AvgIpc) is 3.13. The first-order valence-corrected chi connectivity index (χ1v) is 8.66. The molecule has 2 N–H and O–H groups in total. The lowest BCUT2D eigenvalue weighted by Gasteiger charge is -2.17. The van der Waals surface area contributed by atoms with E-state index in [-0.39, 0.29) is 17.4 Å². The first-order chi connectivity index (χ1) is 11.7. The Labute approximate surface area is 148 Å². The lowest BCUT2D eigenvalue weighted by molar-refractivity contribution is -0.123. The van der Waals surface area contributed by atoms with Crippen molar-refractivity contribution in [2.24, 2.45) is 5.41 Å². The largest absolute Gasteiger partial charge is 0.310 e. The summed E-state index contributed by atoms with van der Waals surface area (Å²) in [6, 6.07) is 7.05. The molecule has 3 rings (SSSR count). The highest BCUT2D eigenvalue weighted by Crippen LogP contribution is 2.28. The molecule has 0 bridgehead atoms. The number of thiophene rings is 1. The van der Waals surface area contributed by atoms with Gasteiger partial charge < -0.3 is 5.32 Å². The Kier molecular flexibility index (Phi) is 4.30. The molecular weight excluding hydrogens is 338 g/mol. The molecule has 0 saturated heterocycles. The maximum absolute atomic E-state index is 12.4. The fourth-order valence-electron chi connectivity index (χ4n) is 2.14. The molecule has 7 nitrogen and oxygen atoms in total. The van der Waals surface area contributed by atoms with Gasteiger partial charge in [-0.1, -0.05) is 26.8 Å². The van der Waals surface area contributed by atoms with Gasteiger partial charge >= 0.3 is 0 Å². The van der Waals surface area contributed by atoms with E-state index in [2.05, 4.69) is 20.4 Å². The number of amides is 1. The summed E-state index contributed by atoms with van der Waals surface area (Å²) in [6.07, 6.45) is 0. The van der Waals surface area contributed by atoms with Gasteiger partial charge in [-0.3, -0.25) is 14.6 Å². The number of aromatic nitrogens is 4. The molecule has 3 aromatic rings. The van der Waals surface area contributed by atoms with Gasteiger partial charge in [-0.15, -0.1) is 11.3 Å². The van der Waals surface area contributed by atoms with Crippen molar-refractivity contribution in [3.05, 3.63) is 45.7 Å². The smallest absolute Gasteiger partial charge is 0.252 e. The van der Waals surface area contributed by atoms with Crippen molar-refractivity contribution in [1.29, 1.82) is 0 Å². The predicted molar refractivity (Wildman–Crippen MR) is 98.1 cm³/mol. The summed E-state index contributed by atoms with van der Waals surface area (Å²) in [6.45, 7) is 7.22. The molecule has 25 heavy (non-hydrogen) atoms. The van der Waals surface area contributed by atoms with Gasteiger partial charge in [0.2, 0.25) is 11.9 Å². The van der Waals surface area contributed by atoms with E-state index < -0.39 is 5.41 Å². The van der Waals surface area contributed by atoms with Crippen molar-refractivity contribution < 1.29 is 4.79 Å². The Morgan fingerprint density at radius 2 is 2.08 bits per heavy atom. The third kappa shape index (κ3) is 3.69. The number of carbonyl (C=O) groups excluding carboxylic acids is 1. The number of aryl methyl sites for hydroxylation is 1. The van der Waals surface area contributed by atoms with E-state index in [0.717, 1.165) is 4.88 Å². The Bertz CT molecular complexity index is 964. The van der Waals surface area contributed by atoms with E-state index >= 15 is 0 Å². The third-order valence-electron chi connectivity index (χ3n) is 3.46. The van der Waals surface area contributed by atoms with Crippen molar-refractivity contribution in [2.75, 3.05) is 5.32 Å². The molecule has 0 radical (unpaired) electrons. The Morgan fingerprint density at radius 1 is 1.32 bits per heavy atom. The topological polar surface area (TPSA) is 92.7 Å². The van der Waals surface area contributed by atoms with E-state index in [0.29, 0.717) is 17.2 Å². The van der Waals surface area contributed by atoms with Crippen LogP contribution in [0.3, 0.4) is 0 Å². The van der Waals surface area contributed by atoms with Crippen molar-refractivity contribution >= 4 is 23.1 Å². The number of carbonyl (C=O) groups is 1. The number of anilines is 1. The molecular formula is C17H19N5O2S. The Balaban J connectivity index is 2.11. The maximum Gasteiger partial charge on any atom is 0.252 e. The summed E-state index contributed by atoms with van der Waals surface area (Å²) >= 11 is 1.54. The van der Waals surface area contributed by atoms with Crippen LogP contribution in [0.2, 0.25) is 0 Å². The molecule has 0 saturated carbocycles. The van der Waals surface area contributed by atoms with Gasteiger partial charge in [0.25, 0.3) is 5.56 Å². The predicted octanol–water partition coefficient (Wildman–Crippen LogP) is 2.98. The van der Waals surface area contributed by atoms with E-state index in [1.54, 1.807) is 24.3 Å². The lowest BCUT2D eigenvalue weighted by Crippen LogP contribution is -2.29. The van der Waals surface area contributed by atoms with Crippen LogP contribution in [0.5, 0.6) is 0 Å². The van der Waals surface area contributed by atoms with E-state index in [1.807, 2.05) is 38.3 Å². The van der Waals surface area contributed by atoms with Crippen molar-refractivity contribution in [3.8, 4) is 16.5 Å². The number of aromatic amines is 1. The molecule has 0 aliphatic heterocycles. The monoisotopic (exact) mass is 357 g/mol. The number of nitrogens with one attached hydrogen (secondary N) is 2. The van der Waals surface area contributed by atoms with Gasteiger partial charge in [-0.2, -0.15) is 9.78 Å². The fourth-order valence-corrected chi connectivity index (χ4v) is 2.83. The normalized spacial score (nSPS) is 11.5. The molecule has 0 fully saturated rings. The van der Waals surface area contributed by atoms with E-state index in [4.69, 9.17) is 0 Å². The second-order valence-electron chi connectivity index (χ2n) is 6.72. The summed E-state index contributed by atoms with van der Waals surface area (Å²) in [4.78, 5) is 32.1. The average molecular weight is 357 g/mol. The van der Waals surface area contributed by atoms with Crippen molar-refractivity contribution in [3.63, 3.8) is 0 Å². The zero-order valence-electron chi connectivity index (χ0n) is 14.5. The minimum Gasteiger partial charge on any atom is -0.310 e. The highest BCUT2D eigenvalue weighted by molar-refractivity contribution is 7.13. The van der Waals surface area contributed by atoms with Crippen molar-refractivity contribution in [1.82, 2.24) is 19.7 Å². The Morgan fingerprint density at radius 3 is 2.68 bits per heavy atom. The number of hydrogen-bond donors (Lipinski definition) is 2. The summed E-state index contributed by atoms with van der Waals surface area (Å²) in [7, 11) is 0. The second kappa shape index (κ2) is 6.29. The molecule has 0 spiro atoms. The van der Waals surface area contributed by atoms with Crippen LogP contribution in [0, 0.1) is 12.3 Å². The Hall–Kier alpha value is -2.74. The lowest BCUT2D eigenvalue weighted by atomic mass is 9.96. The number of H-pyrrole nitrogens is 1. The quantitative estimate of drug-likeness (QED) is 0.754. The standard InChI is InChI=1S/C17H19N5O2S/c1-10-8-14(23)20-16(18-10)22-13(19-15(24)17(2,3)4)9-11(21-22)12-6-5-7-25-12/h5-9H,1-4H3,(H,19,24)(H,18,20,23). The fraction of sp³-hybridized carbons (Fsp3) is 0.294. The van der Waals surface area contributed by atoms with Gasteiger partial charge in [-0.05, 0) is 18.4 Å². The van der Waals surface area contributed by atoms with Gasteiger partial charge in [0.05, 0.1) is 4.88 Å². The van der Waals surface area contributed by atoms with Crippen LogP contribution in [0.4, 0.5) is 5.82 Å². The first-order valence-electron chi connectivity index (χ1n) is 7.78. The summed E-state index contributed by atoms with van der Waals surface area (Å²) in [5, 5.41) is 9.35. The number of rotatable bonds is 3. The highest BCUT2D eigenvalue weighted by atomic mass is 32.1. The summed E-state index contributed by atoms with van der Waals surface area (Å²) < 4.78 is 1.45. The summed E-state index contributed by atoms with van der Waals surface area (Å²) in [5.74, 6) is 0.565. The minimum atomic E-state index is -0.564. The molecule has 0 aromatic carbocycles. The molecule has 0 aliphatic carbocycles. The van der Waals surface area contributed by atoms with Crippen LogP contribution in [0.15, 0.2) is 34.4 Å². The maximum atomic E-state index is 12.4. The van der Waals surface area contributed by atoms with Crippen LogP contribution in [0.1, 0.15) is 26.5 Å². The highest BCUT2D eigenvalue weighted by Gasteiger charge is 2.24. The van der Waals surface area contributed by atoms with Crippen molar-refractivity contribution in [2.45, 2.75) is 27.7 Å². The molecule has 3 heterocycles. The minimum absolute atomic E-state index is 0.152. The van der Waals surface area contributed by atoms with Gasteiger partial charge in [0, 0.05) is 23.2 Å². The third-order valence-corrected chi connectivity index (χ3v) is 4.36. The molecule has 0 atom stereocenters.